The molecule has 0 amide bonds. The molecule has 3 aromatic rings. The molecule has 1 atom stereocenters. The fourth-order valence-electron chi connectivity index (χ4n) is 2.83. The van der Waals surface area contributed by atoms with E-state index in [4.69, 9.17) is 4.42 Å². The lowest BCUT2D eigenvalue weighted by Crippen LogP contribution is -2.06. The van der Waals surface area contributed by atoms with Crippen molar-refractivity contribution in [1.29, 1.82) is 0 Å². The molecule has 0 radical (unpaired) electrons. The van der Waals surface area contributed by atoms with E-state index >= 15 is 0 Å². The van der Waals surface area contributed by atoms with Crippen molar-refractivity contribution in [2.45, 2.75) is 38.3 Å². The summed E-state index contributed by atoms with van der Waals surface area (Å²) in [6.07, 6.45) is 2.38. The van der Waals surface area contributed by atoms with Gasteiger partial charge in [-0.1, -0.05) is 24.3 Å². The maximum absolute atomic E-state index is 9.27. The number of oxazole rings is 1. The van der Waals surface area contributed by atoms with Crippen LogP contribution in [0.2, 0.25) is 0 Å². The van der Waals surface area contributed by atoms with Crippen LogP contribution in [0.5, 0.6) is 0 Å². The third-order valence-corrected chi connectivity index (χ3v) is 4.35. The first kappa shape index (κ1) is 14.3. The van der Waals surface area contributed by atoms with Gasteiger partial charge in [-0.3, -0.25) is 0 Å². The molecule has 118 valence electrons. The van der Waals surface area contributed by atoms with Crippen LogP contribution in [0, 0.1) is 0 Å². The number of hydrogen-bond acceptors (Lipinski definition) is 4. The van der Waals surface area contributed by atoms with Gasteiger partial charge >= 0.3 is 0 Å². The van der Waals surface area contributed by atoms with E-state index in [1.165, 1.54) is 12.8 Å². The lowest BCUT2D eigenvalue weighted by molar-refractivity contribution is 0.281. The third kappa shape index (κ3) is 2.94. The van der Waals surface area contributed by atoms with Crippen LogP contribution in [0.3, 0.4) is 0 Å². The van der Waals surface area contributed by atoms with Crippen LogP contribution in [0.25, 0.3) is 11.1 Å². The van der Waals surface area contributed by atoms with Crippen molar-refractivity contribution in [3.63, 3.8) is 0 Å². The first-order valence-electron chi connectivity index (χ1n) is 8.09. The fraction of sp³-hybridized carbons (Fsp3) is 0.316. The van der Waals surface area contributed by atoms with E-state index < -0.39 is 0 Å². The van der Waals surface area contributed by atoms with Gasteiger partial charge in [0.2, 0.25) is 0 Å². The van der Waals surface area contributed by atoms with Gasteiger partial charge in [0, 0.05) is 17.6 Å². The highest BCUT2D eigenvalue weighted by Crippen LogP contribution is 2.40. The van der Waals surface area contributed by atoms with E-state index in [-0.39, 0.29) is 12.6 Å². The summed E-state index contributed by atoms with van der Waals surface area (Å²) in [6.45, 7) is 2.18. The molecule has 1 fully saturated rings. The number of hydrogen-bond donors (Lipinski definition) is 2. The summed E-state index contributed by atoms with van der Waals surface area (Å²) in [4.78, 5) is 4.60. The molecule has 1 aliphatic carbocycles. The number of benzene rings is 2. The molecule has 2 N–H and O–H groups in total. The largest absolute Gasteiger partial charge is 0.440 e. The minimum Gasteiger partial charge on any atom is -0.440 e. The molecule has 1 saturated carbocycles. The van der Waals surface area contributed by atoms with Crippen LogP contribution in [-0.4, -0.2) is 10.1 Å². The van der Waals surface area contributed by atoms with Crippen molar-refractivity contribution in [3.05, 3.63) is 59.5 Å². The Morgan fingerprint density at radius 1 is 1.26 bits per heavy atom. The SMILES string of the molecule is CC(Nc1ccc2oc(C3CC3)nc2c1)c1cccc(CO)c1. The average Bonchev–Trinajstić information content (AvgIpc) is 3.34. The monoisotopic (exact) mass is 308 g/mol. The molecule has 0 aliphatic heterocycles. The predicted octanol–water partition coefficient (Wildman–Crippen LogP) is 4.37. The van der Waals surface area contributed by atoms with Crippen LogP contribution in [0.1, 0.15) is 48.7 Å². The van der Waals surface area contributed by atoms with Gasteiger partial charge in [0.15, 0.2) is 11.5 Å². The van der Waals surface area contributed by atoms with E-state index in [0.717, 1.165) is 33.8 Å². The molecule has 1 unspecified atom stereocenters. The van der Waals surface area contributed by atoms with E-state index in [9.17, 15) is 5.11 Å². The minimum absolute atomic E-state index is 0.0649. The van der Waals surface area contributed by atoms with Gasteiger partial charge < -0.3 is 14.8 Å². The van der Waals surface area contributed by atoms with Gasteiger partial charge in [-0.05, 0) is 49.1 Å². The first-order chi connectivity index (χ1) is 11.2. The second kappa shape index (κ2) is 5.70. The zero-order chi connectivity index (χ0) is 15.8. The Balaban J connectivity index is 1.56. The van der Waals surface area contributed by atoms with Crippen molar-refractivity contribution in [3.8, 4) is 0 Å². The number of anilines is 1. The third-order valence-electron chi connectivity index (χ3n) is 4.35. The van der Waals surface area contributed by atoms with Gasteiger partial charge in [0.25, 0.3) is 0 Å². The minimum atomic E-state index is 0.0649. The topological polar surface area (TPSA) is 58.3 Å². The number of aliphatic hydroxyl groups excluding tert-OH is 1. The number of fused-ring (bicyclic) bond motifs is 1. The highest BCUT2D eigenvalue weighted by molar-refractivity contribution is 5.77. The van der Waals surface area contributed by atoms with E-state index in [1.807, 2.05) is 36.4 Å². The molecule has 0 spiro atoms. The van der Waals surface area contributed by atoms with Crippen molar-refractivity contribution < 1.29 is 9.52 Å². The highest BCUT2D eigenvalue weighted by Gasteiger charge is 2.28. The van der Waals surface area contributed by atoms with E-state index in [0.29, 0.717) is 5.92 Å². The second-order valence-corrected chi connectivity index (χ2v) is 6.28. The molecule has 23 heavy (non-hydrogen) atoms. The normalized spacial score (nSPS) is 15.7. The molecule has 0 saturated heterocycles. The maximum atomic E-state index is 9.27. The van der Waals surface area contributed by atoms with Crippen LogP contribution in [0.4, 0.5) is 5.69 Å². The molecule has 1 aliphatic rings. The van der Waals surface area contributed by atoms with Crippen LogP contribution < -0.4 is 5.32 Å². The number of aromatic nitrogens is 1. The highest BCUT2D eigenvalue weighted by atomic mass is 16.3. The Kier molecular flexibility index (Phi) is 3.54. The molecular weight excluding hydrogens is 288 g/mol. The molecule has 4 nitrogen and oxygen atoms in total. The first-order valence-corrected chi connectivity index (χ1v) is 8.09. The summed E-state index contributed by atoms with van der Waals surface area (Å²) in [6, 6.07) is 14.2. The number of nitrogens with zero attached hydrogens (tertiary/aromatic N) is 1. The lowest BCUT2D eigenvalue weighted by atomic mass is 10.1. The number of rotatable bonds is 5. The molecule has 1 heterocycles. The standard InChI is InChI=1S/C19H20N2O2/c1-12(15-4-2-3-13(9-15)11-22)20-16-7-8-18-17(10-16)21-19(23-18)14-5-6-14/h2-4,7-10,12,14,20,22H,5-6,11H2,1H3. The van der Waals surface area contributed by atoms with Crippen molar-refractivity contribution in [1.82, 2.24) is 4.98 Å². The number of aliphatic hydroxyl groups is 1. The van der Waals surface area contributed by atoms with Crippen LogP contribution >= 0.6 is 0 Å². The van der Waals surface area contributed by atoms with Gasteiger partial charge in [0.1, 0.15) is 5.52 Å². The second-order valence-electron chi connectivity index (χ2n) is 6.28. The number of nitrogens with one attached hydrogen (secondary N) is 1. The molecule has 0 bridgehead atoms. The van der Waals surface area contributed by atoms with Crippen molar-refractivity contribution in [2.24, 2.45) is 0 Å². The zero-order valence-corrected chi connectivity index (χ0v) is 13.1. The Morgan fingerprint density at radius 3 is 2.91 bits per heavy atom. The molecule has 2 aromatic carbocycles. The predicted molar refractivity (Wildman–Crippen MR) is 90.4 cm³/mol. The summed E-state index contributed by atoms with van der Waals surface area (Å²) in [7, 11) is 0. The zero-order valence-electron chi connectivity index (χ0n) is 13.1. The van der Waals surface area contributed by atoms with Gasteiger partial charge in [-0.25, -0.2) is 4.98 Å². The van der Waals surface area contributed by atoms with Crippen molar-refractivity contribution in [2.75, 3.05) is 5.32 Å². The molecule has 4 rings (SSSR count). The summed E-state index contributed by atoms with van der Waals surface area (Å²) < 4.78 is 5.80. The molecule has 1 aromatic heterocycles. The summed E-state index contributed by atoms with van der Waals surface area (Å²) in [5.41, 5.74) is 4.86. The summed E-state index contributed by atoms with van der Waals surface area (Å²) in [5, 5.41) is 12.8. The Labute approximate surface area is 135 Å². The molecule has 4 heteroatoms. The summed E-state index contributed by atoms with van der Waals surface area (Å²) >= 11 is 0. The van der Waals surface area contributed by atoms with Gasteiger partial charge in [-0.15, -0.1) is 0 Å². The lowest BCUT2D eigenvalue weighted by Gasteiger charge is -2.16. The Morgan fingerprint density at radius 2 is 2.13 bits per heavy atom. The van der Waals surface area contributed by atoms with E-state index in [1.54, 1.807) is 0 Å². The summed E-state index contributed by atoms with van der Waals surface area (Å²) in [5.74, 6) is 1.40. The van der Waals surface area contributed by atoms with E-state index in [2.05, 4.69) is 23.3 Å². The van der Waals surface area contributed by atoms with Crippen molar-refractivity contribution >= 4 is 16.8 Å². The van der Waals surface area contributed by atoms with Gasteiger partial charge in [0.05, 0.1) is 6.61 Å². The van der Waals surface area contributed by atoms with Gasteiger partial charge in [-0.2, -0.15) is 0 Å². The smallest absolute Gasteiger partial charge is 0.198 e. The molecular formula is C19H20N2O2. The average molecular weight is 308 g/mol. The quantitative estimate of drug-likeness (QED) is 0.735. The van der Waals surface area contributed by atoms with Crippen LogP contribution in [0.15, 0.2) is 46.9 Å². The van der Waals surface area contributed by atoms with Crippen LogP contribution in [-0.2, 0) is 6.61 Å². The fourth-order valence-corrected chi connectivity index (χ4v) is 2.83. The Hall–Kier alpha value is -2.33. The maximum Gasteiger partial charge on any atom is 0.198 e. The Bertz CT molecular complexity index is 836.